The number of hydrogen-bond donors (Lipinski definition) is 0. The maximum atomic E-state index is 12.8. The third kappa shape index (κ3) is 4.95. The summed E-state index contributed by atoms with van der Waals surface area (Å²) >= 11 is 6.48. The van der Waals surface area contributed by atoms with Crippen molar-refractivity contribution in [2.75, 3.05) is 45.8 Å². The van der Waals surface area contributed by atoms with Crippen LogP contribution in [0.3, 0.4) is 0 Å². The molecular formula is C24H31ClN4O3. The third-order valence-corrected chi connectivity index (χ3v) is 6.08. The van der Waals surface area contributed by atoms with E-state index >= 15 is 0 Å². The fourth-order valence-electron chi connectivity index (χ4n) is 3.72. The van der Waals surface area contributed by atoms with Crippen molar-refractivity contribution in [3.8, 4) is 17.2 Å². The molecule has 2 aromatic carbocycles. The van der Waals surface area contributed by atoms with Crippen LogP contribution in [-0.2, 0) is 13.6 Å². The quantitative estimate of drug-likeness (QED) is 0.462. The molecule has 1 heterocycles. The summed E-state index contributed by atoms with van der Waals surface area (Å²) in [7, 11) is 7.20. The van der Waals surface area contributed by atoms with Gasteiger partial charge in [-0.05, 0) is 30.8 Å². The number of methoxy groups -OCH3 is 2. The van der Waals surface area contributed by atoms with Gasteiger partial charge in [0.05, 0.1) is 31.3 Å². The van der Waals surface area contributed by atoms with Crippen molar-refractivity contribution >= 4 is 17.3 Å². The van der Waals surface area contributed by atoms with Gasteiger partial charge >= 0.3 is 0 Å². The molecule has 0 spiro atoms. The van der Waals surface area contributed by atoms with Gasteiger partial charge in [0.2, 0.25) is 0 Å². The number of halogens is 1. The molecular weight excluding hydrogens is 428 g/mol. The molecule has 3 rings (SSSR count). The second-order valence-corrected chi connectivity index (χ2v) is 7.94. The standard InChI is InChI=1S/C24H31ClN4O3/c1-6-28(15-14-26(2)20-13-12-19(31-4)16-22(20)32-5)17-21-23(25)24(30)29(27(21)3)18-10-8-7-9-11-18/h7-13,16H,6,14-15,17H2,1-5H3. The first-order valence-electron chi connectivity index (χ1n) is 10.6. The Balaban J connectivity index is 1.75. The van der Waals surface area contributed by atoms with Crippen molar-refractivity contribution in [2.24, 2.45) is 7.05 Å². The van der Waals surface area contributed by atoms with Crippen LogP contribution in [0.5, 0.6) is 11.5 Å². The SMILES string of the molecule is CCN(CCN(C)c1ccc(OC)cc1OC)Cc1c(Cl)c(=O)n(-c2ccccc2)n1C. The smallest absolute Gasteiger partial charge is 0.290 e. The second kappa shape index (κ2) is 10.6. The van der Waals surface area contributed by atoms with Gasteiger partial charge in [-0.15, -0.1) is 0 Å². The summed E-state index contributed by atoms with van der Waals surface area (Å²) in [6, 6.07) is 15.3. The molecule has 1 aromatic heterocycles. The first-order chi connectivity index (χ1) is 15.4. The van der Waals surface area contributed by atoms with Gasteiger partial charge in [0.1, 0.15) is 16.5 Å². The maximum Gasteiger partial charge on any atom is 0.290 e. The minimum atomic E-state index is -0.202. The Hall–Kier alpha value is -2.90. The molecule has 0 bridgehead atoms. The van der Waals surface area contributed by atoms with E-state index in [1.807, 2.05) is 67.3 Å². The molecule has 0 atom stereocenters. The van der Waals surface area contributed by atoms with Gasteiger partial charge in [-0.2, -0.15) is 0 Å². The van der Waals surface area contributed by atoms with Gasteiger partial charge in [-0.25, -0.2) is 4.68 Å². The maximum absolute atomic E-state index is 12.8. The van der Waals surface area contributed by atoms with E-state index in [2.05, 4.69) is 16.7 Å². The van der Waals surface area contributed by atoms with Crippen LogP contribution < -0.4 is 19.9 Å². The highest BCUT2D eigenvalue weighted by atomic mass is 35.5. The van der Waals surface area contributed by atoms with Crippen LogP contribution in [0.1, 0.15) is 12.6 Å². The van der Waals surface area contributed by atoms with E-state index in [9.17, 15) is 4.79 Å². The fourth-order valence-corrected chi connectivity index (χ4v) is 3.98. The molecule has 0 aliphatic carbocycles. The Morgan fingerprint density at radius 3 is 2.38 bits per heavy atom. The van der Waals surface area contributed by atoms with Crippen LogP contribution in [0.25, 0.3) is 5.69 Å². The summed E-state index contributed by atoms with van der Waals surface area (Å²) in [6.45, 7) is 5.09. The van der Waals surface area contributed by atoms with Crippen molar-refractivity contribution in [3.63, 3.8) is 0 Å². The number of aromatic nitrogens is 2. The third-order valence-electron chi connectivity index (χ3n) is 5.70. The minimum absolute atomic E-state index is 0.202. The van der Waals surface area contributed by atoms with E-state index in [1.54, 1.807) is 18.9 Å². The molecule has 0 amide bonds. The van der Waals surface area contributed by atoms with Gasteiger partial charge in [-0.3, -0.25) is 14.4 Å². The molecule has 0 N–H and O–H groups in total. The number of benzene rings is 2. The Morgan fingerprint density at radius 2 is 1.75 bits per heavy atom. The highest BCUT2D eigenvalue weighted by Gasteiger charge is 2.20. The topological polar surface area (TPSA) is 51.9 Å². The number of nitrogens with zero attached hydrogens (tertiary/aromatic N) is 4. The summed E-state index contributed by atoms with van der Waals surface area (Å²) in [4.78, 5) is 17.2. The molecule has 8 heteroatoms. The molecule has 0 aliphatic heterocycles. The molecule has 32 heavy (non-hydrogen) atoms. The predicted molar refractivity (Wildman–Crippen MR) is 130 cm³/mol. The Kier molecular flexibility index (Phi) is 7.88. The van der Waals surface area contributed by atoms with Crippen LogP contribution in [-0.4, -0.2) is 55.2 Å². The van der Waals surface area contributed by atoms with Crippen molar-refractivity contribution in [3.05, 3.63) is 69.6 Å². The molecule has 7 nitrogen and oxygen atoms in total. The second-order valence-electron chi connectivity index (χ2n) is 7.56. The fraction of sp³-hybridized carbons (Fsp3) is 0.375. The van der Waals surface area contributed by atoms with Gasteiger partial charge < -0.3 is 14.4 Å². The Morgan fingerprint density at radius 1 is 1.03 bits per heavy atom. The van der Waals surface area contributed by atoms with Crippen molar-refractivity contribution < 1.29 is 9.47 Å². The molecule has 0 aliphatic rings. The summed E-state index contributed by atoms with van der Waals surface area (Å²) in [5, 5.41) is 0.264. The van der Waals surface area contributed by atoms with E-state index in [0.717, 1.165) is 48.2 Å². The molecule has 3 aromatic rings. The van der Waals surface area contributed by atoms with E-state index in [4.69, 9.17) is 21.1 Å². The lowest BCUT2D eigenvalue weighted by molar-refractivity contribution is 0.277. The largest absolute Gasteiger partial charge is 0.497 e. The number of anilines is 1. The van der Waals surface area contributed by atoms with Crippen LogP contribution in [0.4, 0.5) is 5.69 Å². The van der Waals surface area contributed by atoms with Crippen molar-refractivity contribution in [1.82, 2.24) is 14.3 Å². The highest BCUT2D eigenvalue weighted by Crippen LogP contribution is 2.31. The minimum Gasteiger partial charge on any atom is -0.497 e. The van der Waals surface area contributed by atoms with Crippen molar-refractivity contribution in [1.29, 1.82) is 0 Å². The monoisotopic (exact) mass is 458 g/mol. The average Bonchev–Trinajstić information content (AvgIpc) is 3.04. The zero-order valence-corrected chi connectivity index (χ0v) is 20.1. The molecule has 0 saturated carbocycles. The normalized spacial score (nSPS) is 11.1. The van der Waals surface area contributed by atoms with E-state index in [0.29, 0.717) is 6.54 Å². The molecule has 0 radical (unpaired) electrons. The van der Waals surface area contributed by atoms with Crippen LogP contribution in [0.15, 0.2) is 53.3 Å². The molecule has 0 fully saturated rings. The molecule has 172 valence electrons. The van der Waals surface area contributed by atoms with Gasteiger partial charge in [-0.1, -0.05) is 36.7 Å². The van der Waals surface area contributed by atoms with Gasteiger partial charge in [0.15, 0.2) is 0 Å². The van der Waals surface area contributed by atoms with Crippen LogP contribution in [0, 0.1) is 0 Å². The Bertz CT molecular complexity index is 1090. The number of rotatable bonds is 10. The van der Waals surface area contributed by atoms with E-state index < -0.39 is 0 Å². The molecule has 0 saturated heterocycles. The zero-order valence-electron chi connectivity index (χ0n) is 19.3. The summed E-state index contributed by atoms with van der Waals surface area (Å²) in [5.74, 6) is 1.52. The van der Waals surface area contributed by atoms with E-state index in [1.165, 1.54) is 0 Å². The number of likely N-dealkylation sites (N-methyl/N-ethyl adjacent to an activating group) is 2. The lowest BCUT2D eigenvalue weighted by atomic mass is 10.2. The zero-order chi connectivity index (χ0) is 23.3. The lowest BCUT2D eigenvalue weighted by Crippen LogP contribution is -2.33. The summed E-state index contributed by atoms with van der Waals surface area (Å²) in [5.41, 5.74) is 2.38. The van der Waals surface area contributed by atoms with Gasteiger partial charge in [0, 0.05) is 39.8 Å². The van der Waals surface area contributed by atoms with E-state index in [-0.39, 0.29) is 10.6 Å². The number of hydrogen-bond acceptors (Lipinski definition) is 5. The Labute approximate surface area is 194 Å². The first-order valence-corrected chi connectivity index (χ1v) is 11.0. The average molecular weight is 459 g/mol. The van der Waals surface area contributed by atoms with Crippen molar-refractivity contribution in [2.45, 2.75) is 13.5 Å². The van der Waals surface area contributed by atoms with Gasteiger partial charge in [0.25, 0.3) is 5.56 Å². The summed E-state index contributed by atoms with van der Waals surface area (Å²) in [6.07, 6.45) is 0. The number of para-hydroxylation sites is 1. The highest BCUT2D eigenvalue weighted by molar-refractivity contribution is 6.31. The number of ether oxygens (including phenoxy) is 2. The first kappa shape index (κ1) is 23.8. The van der Waals surface area contributed by atoms with Crippen LogP contribution in [0.2, 0.25) is 5.02 Å². The predicted octanol–water partition coefficient (Wildman–Crippen LogP) is 3.80. The summed E-state index contributed by atoms with van der Waals surface area (Å²) < 4.78 is 14.3. The van der Waals surface area contributed by atoms with Crippen LogP contribution >= 0.6 is 11.6 Å². The molecule has 0 unspecified atom stereocenters. The lowest BCUT2D eigenvalue weighted by Gasteiger charge is -2.27.